The maximum Gasteiger partial charge on any atom is 0.435 e. The molecule has 4 N–H and O–H groups in total. The van der Waals surface area contributed by atoms with Crippen LogP contribution < -0.4 is 11.5 Å². The predicted molar refractivity (Wildman–Crippen MR) is 54.9 cm³/mol. The van der Waals surface area contributed by atoms with Gasteiger partial charge in [-0.3, -0.25) is 0 Å². The molecule has 2 nitrogen and oxygen atoms in total. The van der Waals surface area contributed by atoms with Gasteiger partial charge in [-0.2, -0.15) is 26.3 Å². The average molecular weight is 290 g/mol. The number of alkyl halides is 7. The van der Waals surface area contributed by atoms with Gasteiger partial charge in [-0.15, -0.1) is 0 Å². The summed E-state index contributed by atoms with van der Waals surface area (Å²) < 4.78 is 88.5. The van der Waals surface area contributed by atoms with E-state index in [4.69, 9.17) is 11.5 Å². The molecule has 0 aliphatic carbocycles. The van der Waals surface area contributed by atoms with Gasteiger partial charge in [0.25, 0.3) is 0 Å². The second-order valence-corrected chi connectivity index (χ2v) is 3.93. The molecule has 0 aliphatic rings. The van der Waals surface area contributed by atoms with E-state index in [2.05, 4.69) is 0 Å². The molecule has 0 atom stereocenters. The minimum atomic E-state index is -6.18. The number of nitrogens with two attached hydrogens (primary N) is 2. The first-order valence-electron chi connectivity index (χ1n) is 4.80. The van der Waals surface area contributed by atoms with Gasteiger partial charge in [0.1, 0.15) is 0 Å². The van der Waals surface area contributed by atoms with Crippen LogP contribution in [-0.4, -0.2) is 12.4 Å². The summed E-state index contributed by atoms with van der Waals surface area (Å²) in [6, 6.07) is 0.569. The van der Waals surface area contributed by atoms with Gasteiger partial charge < -0.3 is 11.5 Å². The lowest BCUT2D eigenvalue weighted by Crippen LogP contribution is -2.50. The Morgan fingerprint density at radius 2 is 1.11 bits per heavy atom. The van der Waals surface area contributed by atoms with Crippen molar-refractivity contribution in [2.45, 2.75) is 24.9 Å². The summed E-state index contributed by atoms with van der Waals surface area (Å²) in [6.45, 7) is 1.29. The minimum absolute atomic E-state index is 0.0791. The molecule has 1 rings (SSSR count). The zero-order valence-electron chi connectivity index (χ0n) is 9.46. The number of anilines is 2. The summed E-state index contributed by atoms with van der Waals surface area (Å²) in [7, 11) is 0. The van der Waals surface area contributed by atoms with Crippen LogP contribution in [0, 0.1) is 6.92 Å². The van der Waals surface area contributed by atoms with Crippen molar-refractivity contribution in [3.63, 3.8) is 0 Å². The van der Waals surface area contributed by atoms with Crippen LogP contribution in [0.15, 0.2) is 12.1 Å². The van der Waals surface area contributed by atoms with E-state index >= 15 is 0 Å². The first-order chi connectivity index (χ1) is 8.32. The van der Waals surface area contributed by atoms with Gasteiger partial charge in [-0.25, -0.2) is 4.39 Å². The Labute approximate surface area is 103 Å². The van der Waals surface area contributed by atoms with E-state index in [1.165, 1.54) is 6.92 Å². The Morgan fingerprint density at radius 1 is 0.789 bits per heavy atom. The maximum atomic E-state index is 13.7. The van der Waals surface area contributed by atoms with Crippen LogP contribution in [0.4, 0.5) is 42.1 Å². The van der Waals surface area contributed by atoms with Crippen molar-refractivity contribution < 1.29 is 30.7 Å². The molecule has 0 unspecified atom stereocenters. The molecular formula is C10H9F7N2. The molecule has 0 heterocycles. The molecule has 0 bridgehead atoms. The van der Waals surface area contributed by atoms with Gasteiger partial charge in [0.05, 0.1) is 0 Å². The lowest BCUT2D eigenvalue weighted by molar-refractivity contribution is -0.348. The van der Waals surface area contributed by atoms with E-state index in [0.717, 1.165) is 0 Å². The zero-order chi connectivity index (χ0) is 15.2. The first kappa shape index (κ1) is 15.4. The second-order valence-electron chi connectivity index (χ2n) is 3.93. The quantitative estimate of drug-likeness (QED) is 0.615. The fourth-order valence-corrected chi connectivity index (χ4v) is 1.45. The number of rotatable bonds is 1. The summed E-state index contributed by atoms with van der Waals surface area (Å²) in [5.41, 5.74) is 2.41. The third kappa shape index (κ3) is 2.28. The van der Waals surface area contributed by atoms with Crippen molar-refractivity contribution in [2.24, 2.45) is 0 Å². The van der Waals surface area contributed by atoms with Crippen LogP contribution in [0.2, 0.25) is 0 Å². The largest absolute Gasteiger partial charge is 0.435 e. The van der Waals surface area contributed by atoms with Gasteiger partial charge in [-0.1, -0.05) is 0 Å². The number of nitrogen functional groups attached to an aromatic ring is 2. The third-order valence-electron chi connectivity index (χ3n) is 2.67. The Balaban J connectivity index is 3.62. The zero-order valence-corrected chi connectivity index (χ0v) is 9.46. The highest BCUT2D eigenvalue weighted by molar-refractivity contribution is 5.63. The average Bonchev–Trinajstić information content (AvgIpc) is 2.20. The molecule has 9 heteroatoms. The monoisotopic (exact) mass is 290 g/mol. The van der Waals surface area contributed by atoms with E-state index in [1.54, 1.807) is 0 Å². The van der Waals surface area contributed by atoms with Gasteiger partial charge >= 0.3 is 18.0 Å². The van der Waals surface area contributed by atoms with Crippen LogP contribution in [-0.2, 0) is 5.67 Å². The number of benzene rings is 1. The topological polar surface area (TPSA) is 52.0 Å². The highest BCUT2D eigenvalue weighted by atomic mass is 19.4. The van der Waals surface area contributed by atoms with Crippen LogP contribution in [0.3, 0.4) is 0 Å². The molecule has 1 aromatic rings. The molecule has 0 saturated carbocycles. The molecule has 0 radical (unpaired) electrons. The normalized spacial score (nSPS) is 13.7. The number of halogens is 7. The SMILES string of the molecule is Cc1c(N)cc(C(F)(C(F)(F)F)C(F)(F)F)cc1N. The Morgan fingerprint density at radius 3 is 1.37 bits per heavy atom. The number of hydrogen-bond acceptors (Lipinski definition) is 2. The fourth-order valence-electron chi connectivity index (χ4n) is 1.45. The van der Waals surface area contributed by atoms with E-state index in [1.807, 2.05) is 0 Å². The van der Waals surface area contributed by atoms with E-state index in [-0.39, 0.29) is 17.7 Å². The molecule has 0 aromatic heterocycles. The molecule has 0 spiro atoms. The highest BCUT2D eigenvalue weighted by Gasteiger charge is 2.73. The van der Waals surface area contributed by atoms with Crippen molar-refractivity contribution in [3.8, 4) is 0 Å². The van der Waals surface area contributed by atoms with Crippen LogP contribution in [0.1, 0.15) is 11.1 Å². The lowest BCUT2D eigenvalue weighted by atomic mass is 9.92. The molecule has 0 saturated heterocycles. The summed E-state index contributed by atoms with van der Waals surface area (Å²) in [5.74, 6) is 0. The summed E-state index contributed by atoms with van der Waals surface area (Å²) in [4.78, 5) is 0. The van der Waals surface area contributed by atoms with Gasteiger partial charge in [0.15, 0.2) is 0 Å². The van der Waals surface area contributed by atoms with Crippen LogP contribution in [0.5, 0.6) is 0 Å². The highest BCUT2D eigenvalue weighted by Crippen LogP contribution is 2.53. The molecule has 0 amide bonds. The standard InChI is InChI=1S/C10H9F7N2/c1-4-6(18)2-5(3-7(4)19)8(11,9(12,13)14)10(15,16)17/h2-3H,18-19H2,1H3. The van der Waals surface area contributed by atoms with E-state index in [9.17, 15) is 30.7 Å². The van der Waals surface area contributed by atoms with E-state index in [0.29, 0.717) is 0 Å². The molecule has 108 valence electrons. The molecule has 0 aliphatic heterocycles. The molecular weight excluding hydrogens is 281 g/mol. The summed E-state index contributed by atoms with van der Waals surface area (Å²) in [5, 5.41) is 0. The van der Waals surface area contributed by atoms with Crippen molar-refractivity contribution in [1.29, 1.82) is 0 Å². The Hall–Kier alpha value is -1.67. The van der Waals surface area contributed by atoms with Crippen molar-refractivity contribution in [2.75, 3.05) is 11.5 Å². The first-order valence-corrected chi connectivity index (χ1v) is 4.80. The van der Waals surface area contributed by atoms with Crippen molar-refractivity contribution in [1.82, 2.24) is 0 Å². The molecule has 0 fully saturated rings. The third-order valence-corrected chi connectivity index (χ3v) is 2.67. The Kier molecular flexibility index (Phi) is 3.38. The smallest absolute Gasteiger partial charge is 0.398 e. The van der Waals surface area contributed by atoms with Gasteiger partial charge in [0, 0.05) is 16.9 Å². The van der Waals surface area contributed by atoms with Crippen molar-refractivity contribution in [3.05, 3.63) is 23.3 Å². The van der Waals surface area contributed by atoms with Crippen molar-refractivity contribution >= 4 is 11.4 Å². The summed E-state index contributed by atoms with van der Waals surface area (Å²) in [6.07, 6.45) is -12.4. The van der Waals surface area contributed by atoms with E-state index < -0.39 is 35.0 Å². The Bertz CT molecular complexity index is 453. The lowest BCUT2D eigenvalue weighted by Gasteiger charge is -2.30. The van der Waals surface area contributed by atoms with Gasteiger partial charge in [0.2, 0.25) is 0 Å². The van der Waals surface area contributed by atoms with Crippen LogP contribution in [0.25, 0.3) is 0 Å². The van der Waals surface area contributed by atoms with Gasteiger partial charge in [-0.05, 0) is 24.6 Å². The maximum absolute atomic E-state index is 13.7. The number of hydrogen-bond donors (Lipinski definition) is 2. The predicted octanol–water partition coefficient (Wildman–Crippen LogP) is 3.45. The summed E-state index contributed by atoms with van der Waals surface area (Å²) >= 11 is 0. The van der Waals surface area contributed by atoms with Crippen LogP contribution >= 0.6 is 0 Å². The fraction of sp³-hybridized carbons (Fsp3) is 0.400. The molecule has 19 heavy (non-hydrogen) atoms. The second kappa shape index (κ2) is 4.17. The molecule has 1 aromatic carbocycles. The minimum Gasteiger partial charge on any atom is -0.398 e.